The number of rotatable bonds is 3. The quantitative estimate of drug-likeness (QED) is 0.944. The van der Waals surface area contributed by atoms with Gasteiger partial charge in [0.2, 0.25) is 0 Å². The van der Waals surface area contributed by atoms with E-state index in [1.807, 2.05) is 6.92 Å². The molecule has 0 amide bonds. The molecule has 0 radical (unpaired) electrons. The molecule has 0 aliphatic carbocycles. The maximum atomic E-state index is 12.0. The van der Waals surface area contributed by atoms with Crippen molar-refractivity contribution in [3.8, 4) is 0 Å². The van der Waals surface area contributed by atoms with Gasteiger partial charge in [-0.25, -0.2) is 9.97 Å². The van der Waals surface area contributed by atoms with E-state index >= 15 is 0 Å². The number of aromatic amines is 1. The summed E-state index contributed by atoms with van der Waals surface area (Å²) in [5, 5.41) is 3.31. The first-order valence-corrected chi connectivity index (χ1v) is 8.16. The van der Waals surface area contributed by atoms with Crippen LogP contribution in [0.25, 0.3) is 0 Å². The molecule has 0 aromatic carbocycles. The number of nitrogens with one attached hydrogen (secondary N) is 1. The van der Waals surface area contributed by atoms with Crippen LogP contribution in [-0.2, 0) is 19.5 Å². The van der Waals surface area contributed by atoms with Gasteiger partial charge in [-0.3, -0.25) is 9.69 Å². The second-order valence-corrected chi connectivity index (χ2v) is 6.76. The molecule has 0 saturated carbocycles. The van der Waals surface area contributed by atoms with Gasteiger partial charge in [0.05, 0.1) is 22.0 Å². The van der Waals surface area contributed by atoms with Crippen LogP contribution in [0.4, 0.5) is 0 Å². The maximum absolute atomic E-state index is 12.0. The zero-order valence-electron chi connectivity index (χ0n) is 12.6. The molecule has 21 heavy (non-hydrogen) atoms. The topological polar surface area (TPSA) is 61.9 Å². The summed E-state index contributed by atoms with van der Waals surface area (Å²) in [5.74, 6) is 1.18. The standard InChI is InChI=1S/C15H20N4OS/c1-9(2)15-18-11(8-21-15)6-19-5-4-13-12(7-19)14(20)17-10(3)16-13/h8-9H,4-7H2,1-3H3,(H,16,17,20). The Bertz CT molecular complexity index is 704. The molecule has 2 aromatic heterocycles. The lowest BCUT2D eigenvalue weighted by atomic mass is 10.1. The fraction of sp³-hybridized carbons (Fsp3) is 0.533. The van der Waals surface area contributed by atoms with Crippen molar-refractivity contribution in [1.29, 1.82) is 0 Å². The summed E-state index contributed by atoms with van der Waals surface area (Å²) in [6.07, 6.45) is 0.835. The van der Waals surface area contributed by atoms with Gasteiger partial charge in [0, 0.05) is 37.4 Å². The Balaban J connectivity index is 1.75. The number of nitrogens with zero attached hydrogens (tertiary/aromatic N) is 3. The summed E-state index contributed by atoms with van der Waals surface area (Å²) in [5.41, 5.74) is 2.87. The van der Waals surface area contributed by atoms with Crippen molar-refractivity contribution in [2.45, 2.75) is 46.2 Å². The van der Waals surface area contributed by atoms with Gasteiger partial charge in [0.15, 0.2) is 0 Å². The van der Waals surface area contributed by atoms with Crippen LogP contribution < -0.4 is 5.56 Å². The van der Waals surface area contributed by atoms with Gasteiger partial charge in [-0.1, -0.05) is 13.8 Å². The van der Waals surface area contributed by atoms with Crippen LogP contribution in [0.2, 0.25) is 0 Å². The largest absolute Gasteiger partial charge is 0.310 e. The van der Waals surface area contributed by atoms with E-state index < -0.39 is 0 Å². The first-order valence-electron chi connectivity index (χ1n) is 7.28. The third-order valence-corrected chi connectivity index (χ3v) is 4.91. The molecule has 6 heteroatoms. The Kier molecular flexibility index (Phi) is 3.91. The monoisotopic (exact) mass is 304 g/mol. The van der Waals surface area contributed by atoms with Crippen molar-refractivity contribution >= 4 is 11.3 Å². The summed E-state index contributed by atoms with van der Waals surface area (Å²) < 4.78 is 0. The summed E-state index contributed by atoms with van der Waals surface area (Å²) >= 11 is 1.72. The number of hydrogen-bond donors (Lipinski definition) is 1. The molecule has 112 valence electrons. The minimum absolute atomic E-state index is 0.00310. The van der Waals surface area contributed by atoms with Crippen LogP contribution in [0, 0.1) is 6.92 Å². The molecule has 3 heterocycles. The van der Waals surface area contributed by atoms with Gasteiger partial charge in [-0.05, 0) is 6.92 Å². The van der Waals surface area contributed by atoms with E-state index in [1.54, 1.807) is 11.3 Å². The molecule has 0 saturated heterocycles. The van der Waals surface area contributed by atoms with Gasteiger partial charge in [0.25, 0.3) is 5.56 Å². The molecule has 1 aliphatic heterocycles. The molecule has 0 atom stereocenters. The zero-order chi connectivity index (χ0) is 15.0. The Morgan fingerprint density at radius 3 is 2.95 bits per heavy atom. The molecule has 0 fully saturated rings. The average Bonchev–Trinajstić information content (AvgIpc) is 2.88. The van der Waals surface area contributed by atoms with Crippen LogP contribution >= 0.6 is 11.3 Å². The van der Waals surface area contributed by atoms with Gasteiger partial charge >= 0.3 is 0 Å². The molecule has 0 bridgehead atoms. The Morgan fingerprint density at radius 1 is 1.43 bits per heavy atom. The highest BCUT2D eigenvalue weighted by Gasteiger charge is 2.21. The third kappa shape index (κ3) is 3.06. The smallest absolute Gasteiger partial charge is 0.255 e. The fourth-order valence-electron chi connectivity index (χ4n) is 2.63. The lowest BCUT2D eigenvalue weighted by Crippen LogP contribution is -2.35. The highest BCUT2D eigenvalue weighted by Crippen LogP contribution is 2.21. The number of fused-ring (bicyclic) bond motifs is 1. The summed E-state index contributed by atoms with van der Waals surface area (Å²) in [6, 6.07) is 0. The average molecular weight is 304 g/mol. The van der Waals surface area contributed by atoms with E-state index in [0.717, 1.165) is 36.5 Å². The number of hydrogen-bond acceptors (Lipinski definition) is 5. The summed E-state index contributed by atoms with van der Waals surface area (Å²) in [7, 11) is 0. The van der Waals surface area contributed by atoms with E-state index in [2.05, 4.69) is 39.1 Å². The van der Waals surface area contributed by atoms with Gasteiger partial charge in [-0.2, -0.15) is 0 Å². The SMILES string of the molecule is Cc1nc2c(c(=O)[nH]1)CN(Cc1csc(C(C)C)n1)CC2. The van der Waals surface area contributed by atoms with E-state index in [9.17, 15) is 4.79 Å². The molecular formula is C15H20N4OS. The van der Waals surface area contributed by atoms with Crippen molar-refractivity contribution in [2.75, 3.05) is 6.54 Å². The Hall–Kier alpha value is -1.53. The molecule has 1 aliphatic rings. The first-order chi connectivity index (χ1) is 10.0. The fourth-order valence-corrected chi connectivity index (χ4v) is 3.46. The van der Waals surface area contributed by atoms with Crippen LogP contribution in [0.1, 0.15) is 47.5 Å². The number of thiazole rings is 1. The molecule has 1 N–H and O–H groups in total. The molecule has 0 unspecified atom stereocenters. The minimum Gasteiger partial charge on any atom is -0.310 e. The van der Waals surface area contributed by atoms with Crippen molar-refractivity contribution < 1.29 is 0 Å². The van der Waals surface area contributed by atoms with Crippen molar-refractivity contribution in [3.63, 3.8) is 0 Å². The van der Waals surface area contributed by atoms with Crippen LogP contribution in [0.3, 0.4) is 0 Å². The van der Waals surface area contributed by atoms with Crippen molar-refractivity contribution in [1.82, 2.24) is 19.9 Å². The van der Waals surface area contributed by atoms with Crippen LogP contribution in [0.15, 0.2) is 10.2 Å². The lowest BCUT2D eigenvalue weighted by molar-refractivity contribution is 0.239. The Morgan fingerprint density at radius 2 is 2.24 bits per heavy atom. The van der Waals surface area contributed by atoms with E-state index in [4.69, 9.17) is 0 Å². The molecule has 5 nitrogen and oxygen atoms in total. The molecular weight excluding hydrogens is 284 g/mol. The highest BCUT2D eigenvalue weighted by atomic mass is 32.1. The van der Waals surface area contributed by atoms with E-state index in [0.29, 0.717) is 18.3 Å². The number of aryl methyl sites for hydroxylation is 1. The second kappa shape index (κ2) is 5.69. The van der Waals surface area contributed by atoms with Gasteiger partial charge < -0.3 is 4.98 Å². The third-order valence-electron chi connectivity index (χ3n) is 3.72. The predicted molar refractivity (Wildman–Crippen MR) is 83.6 cm³/mol. The predicted octanol–water partition coefficient (Wildman–Crippen LogP) is 2.22. The van der Waals surface area contributed by atoms with Crippen molar-refractivity contribution in [2.24, 2.45) is 0 Å². The molecule has 3 rings (SSSR count). The number of aromatic nitrogens is 3. The Labute approximate surface area is 128 Å². The molecule has 0 spiro atoms. The van der Waals surface area contributed by atoms with E-state index in [-0.39, 0.29) is 5.56 Å². The number of H-pyrrole nitrogens is 1. The van der Waals surface area contributed by atoms with Gasteiger partial charge in [0.1, 0.15) is 5.82 Å². The maximum Gasteiger partial charge on any atom is 0.255 e. The second-order valence-electron chi connectivity index (χ2n) is 5.87. The summed E-state index contributed by atoms with van der Waals surface area (Å²) in [4.78, 5) is 26.2. The lowest BCUT2D eigenvalue weighted by Gasteiger charge is -2.26. The highest BCUT2D eigenvalue weighted by molar-refractivity contribution is 7.09. The van der Waals surface area contributed by atoms with Crippen molar-refractivity contribution in [3.05, 3.63) is 43.5 Å². The summed E-state index contributed by atoms with van der Waals surface area (Å²) in [6.45, 7) is 8.54. The van der Waals surface area contributed by atoms with E-state index in [1.165, 1.54) is 5.01 Å². The normalized spacial score (nSPS) is 15.4. The van der Waals surface area contributed by atoms with Gasteiger partial charge in [-0.15, -0.1) is 11.3 Å². The molecule has 2 aromatic rings. The first kappa shape index (κ1) is 14.4. The van der Waals surface area contributed by atoms with Crippen LogP contribution in [-0.4, -0.2) is 26.4 Å². The minimum atomic E-state index is 0.00310. The zero-order valence-corrected chi connectivity index (χ0v) is 13.5. The van der Waals surface area contributed by atoms with Crippen LogP contribution in [0.5, 0.6) is 0 Å².